The van der Waals surface area contributed by atoms with E-state index in [4.69, 9.17) is 17.3 Å². The Morgan fingerprint density at radius 1 is 1.42 bits per heavy atom. The van der Waals surface area contributed by atoms with Crippen molar-refractivity contribution < 1.29 is 4.79 Å². The number of hydrogen-bond donors (Lipinski definition) is 1. The molecule has 1 aliphatic carbocycles. The second-order valence-electron chi connectivity index (χ2n) is 5.99. The Balaban J connectivity index is 2.19. The van der Waals surface area contributed by atoms with Crippen molar-refractivity contribution in [1.82, 2.24) is 4.90 Å². The third-order valence-electron chi connectivity index (χ3n) is 4.75. The number of halogens is 1. The zero-order valence-electron chi connectivity index (χ0n) is 11.3. The molecule has 2 aliphatic rings. The van der Waals surface area contributed by atoms with Crippen molar-refractivity contribution in [3.63, 3.8) is 0 Å². The summed E-state index contributed by atoms with van der Waals surface area (Å²) in [7, 11) is 1.89. The molecule has 19 heavy (non-hydrogen) atoms. The number of benzene rings is 1. The van der Waals surface area contributed by atoms with E-state index in [0.29, 0.717) is 0 Å². The Morgan fingerprint density at radius 2 is 2.11 bits per heavy atom. The van der Waals surface area contributed by atoms with Crippen LogP contribution in [0.4, 0.5) is 0 Å². The molecule has 0 radical (unpaired) electrons. The number of rotatable bonds is 0. The minimum Gasteiger partial charge on any atom is -0.342 e. The van der Waals surface area contributed by atoms with E-state index in [2.05, 4.69) is 13.0 Å². The maximum Gasteiger partial charge on any atom is 0.233 e. The van der Waals surface area contributed by atoms with Crippen LogP contribution in [0.1, 0.15) is 30.9 Å². The summed E-state index contributed by atoms with van der Waals surface area (Å²) in [5, 5.41) is 0.771. The van der Waals surface area contributed by atoms with Crippen LogP contribution in [0.5, 0.6) is 0 Å². The van der Waals surface area contributed by atoms with E-state index in [1.807, 2.05) is 24.1 Å². The lowest BCUT2D eigenvalue weighted by Gasteiger charge is -2.46. The number of nitrogens with zero attached hydrogens (tertiary/aromatic N) is 1. The van der Waals surface area contributed by atoms with Crippen molar-refractivity contribution in [2.24, 2.45) is 5.73 Å². The van der Waals surface area contributed by atoms with Crippen LogP contribution in [0.15, 0.2) is 18.2 Å². The molecule has 1 heterocycles. The van der Waals surface area contributed by atoms with Crippen LogP contribution < -0.4 is 5.73 Å². The van der Waals surface area contributed by atoms with Crippen LogP contribution in [0.3, 0.4) is 0 Å². The molecule has 1 saturated carbocycles. The predicted molar refractivity (Wildman–Crippen MR) is 76.3 cm³/mol. The molecule has 3 rings (SSSR count). The normalized spacial score (nSPS) is 33.9. The fourth-order valence-electron chi connectivity index (χ4n) is 3.53. The van der Waals surface area contributed by atoms with Gasteiger partial charge in [0, 0.05) is 24.2 Å². The molecule has 0 saturated heterocycles. The Morgan fingerprint density at radius 3 is 2.74 bits per heavy atom. The van der Waals surface area contributed by atoms with Gasteiger partial charge >= 0.3 is 0 Å². The number of carbonyl (C=O) groups excluding carboxylic acids is 1. The molecule has 1 unspecified atom stereocenters. The van der Waals surface area contributed by atoms with E-state index >= 15 is 0 Å². The smallest absolute Gasteiger partial charge is 0.233 e. The SMILES string of the molecule is CC1Cc2c(Cl)cccc2C2(CC(N)C2)C(=O)N1C. The summed E-state index contributed by atoms with van der Waals surface area (Å²) in [4.78, 5) is 14.7. The van der Waals surface area contributed by atoms with Gasteiger partial charge in [-0.25, -0.2) is 0 Å². The highest BCUT2D eigenvalue weighted by Crippen LogP contribution is 2.48. The van der Waals surface area contributed by atoms with Gasteiger partial charge in [-0.3, -0.25) is 4.79 Å². The van der Waals surface area contributed by atoms with Crippen LogP contribution in [0.25, 0.3) is 0 Å². The third-order valence-corrected chi connectivity index (χ3v) is 5.10. The lowest BCUT2D eigenvalue weighted by Crippen LogP contribution is -2.58. The molecule has 1 aromatic carbocycles. The van der Waals surface area contributed by atoms with Crippen molar-refractivity contribution in [2.45, 2.75) is 43.7 Å². The van der Waals surface area contributed by atoms with E-state index in [9.17, 15) is 4.79 Å². The Bertz CT molecular complexity index is 537. The minimum absolute atomic E-state index is 0.123. The van der Waals surface area contributed by atoms with Gasteiger partial charge in [0.05, 0.1) is 5.41 Å². The molecule has 1 amide bonds. The van der Waals surface area contributed by atoms with Crippen molar-refractivity contribution in [1.29, 1.82) is 0 Å². The first-order chi connectivity index (χ1) is 8.95. The molecule has 1 aliphatic heterocycles. The molecule has 1 spiro atoms. The average Bonchev–Trinajstić information content (AvgIpc) is 2.41. The van der Waals surface area contributed by atoms with Crippen LogP contribution in [-0.2, 0) is 16.6 Å². The first-order valence-corrected chi connectivity index (χ1v) is 7.14. The lowest BCUT2D eigenvalue weighted by molar-refractivity contribution is -0.141. The fourth-order valence-corrected chi connectivity index (χ4v) is 3.78. The van der Waals surface area contributed by atoms with Gasteiger partial charge in [0.15, 0.2) is 0 Å². The summed E-state index contributed by atoms with van der Waals surface area (Å²) in [5.41, 5.74) is 7.76. The van der Waals surface area contributed by atoms with Crippen molar-refractivity contribution in [2.75, 3.05) is 7.05 Å². The largest absolute Gasteiger partial charge is 0.342 e. The molecular formula is C15H19ClN2O. The average molecular weight is 279 g/mol. The van der Waals surface area contributed by atoms with Gasteiger partial charge in [-0.05, 0) is 43.4 Å². The summed E-state index contributed by atoms with van der Waals surface area (Å²) >= 11 is 6.36. The van der Waals surface area contributed by atoms with E-state index in [-0.39, 0.29) is 18.0 Å². The summed E-state index contributed by atoms with van der Waals surface area (Å²) in [5.74, 6) is 0.197. The molecule has 0 bridgehead atoms. The topological polar surface area (TPSA) is 46.3 Å². The van der Waals surface area contributed by atoms with Crippen molar-refractivity contribution in [3.05, 3.63) is 34.3 Å². The standard InChI is InChI=1S/C15H19ClN2O/c1-9-6-11-12(4-3-5-13(11)16)15(7-10(17)8-15)14(19)18(9)2/h3-5,9-10H,6-8,17H2,1-2H3. The van der Waals surface area contributed by atoms with E-state index in [1.54, 1.807) is 0 Å². The van der Waals surface area contributed by atoms with Crippen molar-refractivity contribution in [3.8, 4) is 0 Å². The molecule has 3 nitrogen and oxygen atoms in total. The summed E-state index contributed by atoms with van der Waals surface area (Å²) in [6.45, 7) is 2.07. The highest BCUT2D eigenvalue weighted by molar-refractivity contribution is 6.31. The second kappa shape index (κ2) is 4.22. The van der Waals surface area contributed by atoms with Crippen molar-refractivity contribution >= 4 is 17.5 Å². The number of amides is 1. The molecule has 1 fully saturated rings. The minimum atomic E-state index is -0.431. The zero-order chi connectivity index (χ0) is 13.8. The molecule has 1 aromatic rings. The Kier molecular flexibility index (Phi) is 2.88. The number of hydrogen-bond acceptors (Lipinski definition) is 2. The lowest BCUT2D eigenvalue weighted by atomic mass is 9.60. The van der Waals surface area contributed by atoms with Crippen LogP contribution in [0, 0.1) is 0 Å². The maximum atomic E-state index is 12.8. The first kappa shape index (κ1) is 12.9. The van der Waals surface area contributed by atoms with Crippen LogP contribution in [0.2, 0.25) is 5.02 Å². The molecule has 0 aromatic heterocycles. The highest BCUT2D eigenvalue weighted by Gasteiger charge is 2.54. The van der Waals surface area contributed by atoms with Gasteiger partial charge < -0.3 is 10.6 Å². The third kappa shape index (κ3) is 1.72. The molecule has 102 valence electrons. The number of carbonyl (C=O) groups is 1. The number of likely N-dealkylation sites (N-methyl/N-ethyl adjacent to an activating group) is 1. The fraction of sp³-hybridized carbons (Fsp3) is 0.533. The molecular weight excluding hydrogens is 260 g/mol. The van der Waals surface area contributed by atoms with Gasteiger partial charge in [0.1, 0.15) is 0 Å². The van der Waals surface area contributed by atoms with Gasteiger partial charge in [-0.1, -0.05) is 23.7 Å². The zero-order valence-corrected chi connectivity index (χ0v) is 12.1. The summed E-state index contributed by atoms with van der Waals surface area (Å²) in [6.07, 6.45) is 2.28. The predicted octanol–water partition coefficient (Wildman–Crippen LogP) is 2.10. The van der Waals surface area contributed by atoms with Crippen LogP contribution in [-0.4, -0.2) is 29.9 Å². The number of nitrogens with two attached hydrogens (primary N) is 1. The van der Waals surface area contributed by atoms with Crippen LogP contribution >= 0.6 is 11.6 Å². The highest BCUT2D eigenvalue weighted by atomic mass is 35.5. The Hall–Kier alpha value is -1.06. The van der Waals surface area contributed by atoms with E-state index in [0.717, 1.165) is 35.4 Å². The molecule has 2 N–H and O–H groups in total. The van der Waals surface area contributed by atoms with E-state index < -0.39 is 5.41 Å². The monoisotopic (exact) mass is 278 g/mol. The summed E-state index contributed by atoms with van der Waals surface area (Å²) < 4.78 is 0. The number of fused-ring (bicyclic) bond motifs is 2. The van der Waals surface area contributed by atoms with Gasteiger partial charge in [-0.15, -0.1) is 0 Å². The van der Waals surface area contributed by atoms with Gasteiger partial charge in [0.2, 0.25) is 5.91 Å². The maximum absolute atomic E-state index is 12.8. The van der Waals surface area contributed by atoms with Gasteiger partial charge in [-0.2, -0.15) is 0 Å². The molecule has 1 atom stereocenters. The summed E-state index contributed by atoms with van der Waals surface area (Å²) in [6, 6.07) is 6.20. The van der Waals surface area contributed by atoms with E-state index in [1.165, 1.54) is 0 Å². The second-order valence-corrected chi connectivity index (χ2v) is 6.39. The Labute approximate surface area is 118 Å². The first-order valence-electron chi connectivity index (χ1n) is 6.76. The molecule has 4 heteroatoms. The quantitative estimate of drug-likeness (QED) is 0.790. The van der Waals surface area contributed by atoms with Gasteiger partial charge in [0.25, 0.3) is 0 Å².